The van der Waals surface area contributed by atoms with Crippen molar-refractivity contribution >= 4 is 29.3 Å². The Hall–Kier alpha value is -2.58. The zero-order valence-corrected chi connectivity index (χ0v) is 19.6. The Kier molecular flexibility index (Phi) is 4.98. The van der Waals surface area contributed by atoms with E-state index in [1.165, 1.54) is 0 Å². The number of carbonyl (C=O) groups excluding carboxylic acids is 2. The number of piperazine rings is 1. The van der Waals surface area contributed by atoms with Crippen molar-refractivity contribution in [2.75, 3.05) is 25.0 Å². The standard InChI is InChI=1S/C23H28ClN5O3/c1-23(2,3)32-21(30)20-19-12-28(18-9-14(24)5-8-17(18)29(19)13-25-20)22(31)27-10-15-6-7-16(11-27)26(15)4/h5,8-9,13,15-16H,6-7,10-12H2,1-4H3. The minimum absolute atomic E-state index is 0.0684. The van der Waals surface area contributed by atoms with Crippen LogP contribution in [0.3, 0.4) is 0 Å². The van der Waals surface area contributed by atoms with Gasteiger partial charge in [0.1, 0.15) is 11.9 Å². The second-order valence-electron chi connectivity index (χ2n) is 9.87. The average Bonchev–Trinajstić information content (AvgIpc) is 3.21. The molecule has 1 aromatic heterocycles. The van der Waals surface area contributed by atoms with Crippen LogP contribution in [0.15, 0.2) is 24.5 Å². The van der Waals surface area contributed by atoms with Crippen molar-refractivity contribution in [2.24, 2.45) is 0 Å². The SMILES string of the molecule is CN1C2CCC1CN(C(=O)N1Cc3c(C(=O)OC(C)(C)C)ncn3-c3ccc(Cl)cc31)C2. The van der Waals surface area contributed by atoms with Gasteiger partial charge in [-0.25, -0.2) is 14.6 Å². The number of nitrogens with zero attached hydrogens (tertiary/aromatic N) is 5. The van der Waals surface area contributed by atoms with Gasteiger partial charge in [-0.1, -0.05) is 11.6 Å². The summed E-state index contributed by atoms with van der Waals surface area (Å²) in [5, 5.41) is 0.552. The van der Waals surface area contributed by atoms with Gasteiger partial charge in [-0.05, 0) is 58.9 Å². The fourth-order valence-corrected chi connectivity index (χ4v) is 5.16. The summed E-state index contributed by atoms with van der Waals surface area (Å²) in [6.07, 6.45) is 3.84. The van der Waals surface area contributed by atoms with Crippen LogP contribution in [0.2, 0.25) is 5.02 Å². The van der Waals surface area contributed by atoms with Crippen molar-refractivity contribution in [1.29, 1.82) is 0 Å². The van der Waals surface area contributed by atoms with Crippen LogP contribution in [0, 0.1) is 0 Å². The molecule has 2 aromatic rings. The highest BCUT2D eigenvalue weighted by atomic mass is 35.5. The van der Waals surface area contributed by atoms with E-state index in [0.717, 1.165) is 24.2 Å². The third kappa shape index (κ3) is 3.55. The second kappa shape index (κ2) is 7.49. The number of ether oxygens (including phenoxy) is 1. The third-order valence-electron chi connectivity index (χ3n) is 6.60. The largest absolute Gasteiger partial charge is 0.455 e. The number of imidazole rings is 1. The summed E-state index contributed by atoms with van der Waals surface area (Å²) in [4.78, 5) is 37.0. The van der Waals surface area contributed by atoms with Crippen LogP contribution >= 0.6 is 11.6 Å². The van der Waals surface area contributed by atoms with Gasteiger partial charge in [0.25, 0.3) is 0 Å². The van der Waals surface area contributed by atoms with Crippen LogP contribution < -0.4 is 4.90 Å². The summed E-state index contributed by atoms with van der Waals surface area (Å²) in [6, 6.07) is 6.15. The highest BCUT2D eigenvalue weighted by Gasteiger charge is 2.42. The van der Waals surface area contributed by atoms with Crippen LogP contribution in [-0.4, -0.2) is 69.2 Å². The smallest absolute Gasteiger partial charge is 0.359 e. The molecule has 8 nitrogen and oxygen atoms in total. The van der Waals surface area contributed by atoms with Gasteiger partial charge in [0, 0.05) is 30.2 Å². The normalized spacial score (nSPS) is 22.5. The molecule has 9 heteroatoms. The molecule has 2 fully saturated rings. The molecule has 0 aliphatic carbocycles. The summed E-state index contributed by atoms with van der Waals surface area (Å²) >= 11 is 6.31. The Morgan fingerprint density at radius 2 is 1.81 bits per heavy atom. The molecule has 0 saturated carbocycles. The quantitative estimate of drug-likeness (QED) is 0.610. The van der Waals surface area contributed by atoms with E-state index in [1.807, 2.05) is 36.3 Å². The van der Waals surface area contributed by atoms with Crippen LogP contribution in [0.1, 0.15) is 49.8 Å². The van der Waals surface area contributed by atoms with Gasteiger partial charge >= 0.3 is 12.0 Å². The van der Waals surface area contributed by atoms with Crippen molar-refractivity contribution in [3.63, 3.8) is 0 Å². The molecule has 0 spiro atoms. The van der Waals surface area contributed by atoms with E-state index in [0.29, 0.717) is 35.9 Å². The zero-order valence-electron chi connectivity index (χ0n) is 18.8. The molecular weight excluding hydrogens is 430 g/mol. The summed E-state index contributed by atoms with van der Waals surface area (Å²) in [6.45, 7) is 7.10. The zero-order chi connectivity index (χ0) is 22.8. The Labute approximate surface area is 192 Å². The number of halogens is 1. The minimum Gasteiger partial charge on any atom is -0.455 e. The average molecular weight is 458 g/mol. The van der Waals surface area contributed by atoms with Crippen LogP contribution in [-0.2, 0) is 11.3 Å². The molecule has 5 rings (SSSR count). The van der Waals surface area contributed by atoms with E-state index in [-0.39, 0.29) is 18.3 Å². The second-order valence-corrected chi connectivity index (χ2v) is 10.3. The Bertz CT molecular complexity index is 1080. The predicted molar refractivity (Wildman–Crippen MR) is 121 cm³/mol. The first kappa shape index (κ1) is 21.3. The number of carbonyl (C=O) groups is 2. The van der Waals surface area contributed by atoms with Gasteiger partial charge in [0.2, 0.25) is 0 Å². The number of likely N-dealkylation sites (N-methyl/N-ethyl adjacent to an activating group) is 1. The van der Waals surface area contributed by atoms with Crippen LogP contribution in [0.25, 0.3) is 5.69 Å². The number of likely N-dealkylation sites (tertiary alicyclic amines) is 1. The van der Waals surface area contributed by atoms with E-state index < -0.39 is 11.6 Å². The molecule has 3 aliphatic heterocycles. The lowest BCUT2D eigenvalue weighted by molar-refractivity contribution is 0.00619. The molecule has 1 aromatic carbocycles. The molecule has 2 amide bonds. The van der Waals surface area contributed by atoms with E-state index in [4.69, 9.17) is 16.3 Å². The molecule has 4 heterocycles. The lowest BCUT2D eigenvalue weighted by Gasteiger charge is -2.42. The first-order valence-corrected chi connectivity index (χ1v) is 11.4. The molecule has 2 saturated heterocycles. The number of esters is 1. The topological polar surface area (TPSA) is 70.9 Å². The van der Waals surface area contributed by atoms with E-state index in [2.05, 4.69) is 16.9 Å². The van der Waals surface area contributed by atoms with E-state index in [1.54, 1.807) is 23.4 Å². The first-order chi connectivity index (χ1) is 15.1. The van der Waals surface area contributed by atoms with Crippen LogP contribution in [0.4, 0.5) is 10.5 Å². The lowest BCUT2D eigenvalue weighted by atomic mass is 10.1. The van der Waals surface area contributed by atoms with Crippen molar-refractivity contribution in [3.8, 4) is 5.69 Å². The molecule has 0 radical (unpaired) electrons. The molecule has 32 heavy (non-hydrogen) atoms. The maximum atomic E-state index is 13.7. The lowest BCUT2D eigenvalue weighted by Crippen LogP contribution is -2.57. The maximum Gasteiger partial charge on any atom is 0.359 e. The number of hydrogen-bond acceptors (Lipinski definition) is 5. The van der Waals surface area contributed by atoms with Crippen molar-refractivity contribution < 1.29 is 14.3 Å². The number of fused-ring (bicyclic) bond motifs is 5. The van der Waals surface area contributed by atoms with Gasteiger partial charge in [-0.15, -0.1) is 0 Å². The Balaban J connectivity index is 1.51. The number of aromatic nitrogens is 2. The fraction of sp³-hybridized carbons (Fsp3) is 0.522. The molecule has 2 unspecified atom stereocenters. The van der Waals surface area contributed by atoms with Crippen molar-refractivity contribution in [3.05, 3.63) is 40.9 Å². The molecule has 3 aliphatic rings. The molecule has 0 N–H and O–H groups in total. The van der Waals surface area contributed by atoms with Gasteiger partial charge in [-0.3, -0.25) is 14.4 Å². The van der Waals surface area contributed by atoms with Crippen molar-refractivity contribution in [2.45, 2.75) is 57.8 Å². The molecular formula is C23H28ClN5O3. The highest BCUT2D eigenvalue weighted by Crippen LogP contribution is 2.37. The predicted octanol–water partition coefficient (Wildman–Crippen LogP) is 3.70. The first-order valence-electron chi connectivity index (χ1n) is 11.0. The summed E-state index contributed by atoms with van der Waals surface area (Å²) in [5.74, 6) is -0.492. The van der Waals surface area contributed by atoms with Gasteiger partial charge in [-0.2, -0.15) is 0 Å². The monoisotopic (exact) mass is 457 g/mol. The number of urea groups is 1. The fourth-order valence-electron chi connectivity index (χ4n) is 4.99. The number of anilines is 1. The van der Waals surface area contributed by atoms with Gasteiger partial charge < -0.3 is 9.64 Å². The number of hydrogen-bond donors (Lipinski definition) is 0. The molecule has 2 bridgehead atoms. The van der Waals surface area contributed by atoms with Gasteiger partial charge in [0.05, 0.1) is 23.6 Å². The number of rotatable bonds is 1. The molecule has 170 valence electrons. The minimum atomic E-state index is -0.637. The van der Waals surface area contributed by atoms with Crippen LogP contribution in [0.5, 0.6) is 0 Å². The van der Waals surface area contributed by atoms with Gasteiger partial charge in [0.15, 0.2) is 5.69 Å². The Morgan fingerprint density at radius 3 is 2.47 bits per heavy atom. The summed E-state index contributed by atoms with van der Waals surface area (Å²) < 4.78 is 7.41. The number of benzene rings is 1. The van der Waals surface area contributed by atoms with E-state index >= 15 is 0 Å². The highest BCUT2D eigenvalue weighted by molar-refractivity contribution is 6.31. The summed E-state index contributed by atoms with van der Waals surface area (Å²) in [7, 11) is 2.14. The summed E-state index contributed by atoms with van der Waals surface area (Å²) in [5.41, 5.74) is 1.72. The third-order valence-corrected chi connectivity index (χ3v) is 6.84. The number of amides is 2. The Morgan fingerprint density at radius 1 is 1.12 bits per heavy atom. The molecule has 2 atom stereocenters. The van der Waals surface area contributed by atoms with E-state index in [9.17, 15) is 9.59 Å². The maximum absolute atomic E-state index is 13.7. The van der Waals surface area contributed by atoms with Crippen molar-refractivity contribution in [1.82, 2.24) is 19.4 Å².